The second kappa shape index (κ2) is 8.55. The molecule has 0 unspecified atom stereocenters. The first-order chi connectivity index (χ1) is 11.0. The first-order valence-corrected chi connectivity index (χ1v) is 8.23. The molecular weight excluding hydrogens is 364 g/mol. The number of carboxylic acid groups (broad SMARTS) is 1. The van der Waals surface area contributed by atoms with Crippen LogP contribution in [0, 0.1) is 0 Å². The molecule has 6 heteroatoms. The summed E-state index contributed by atoms with van der Waals surface area (Å²) in [5, 5.41) is 20.2. The van der Waals surface area contributed by atoms with E-state index in [-0.39, 0.29) is 11.1 Å². The van der Waals surface area contributed by atoms with E-state index in [2.05, 4.69) is 15.9 Å². The highest BCUT2D eigenvalue weighted by Crippen LogP contribution is 2.32. The number of rotatable bonds is 5. The van der Waals surface area contributed by atoms with Crippen LogP contribution in [0.2, 0.25) is 0 Å². The molecule has 0 aliphatic heterocycles. The van der Waals surface area contributed by atoms with Gasteiger partial charge in [-0.15, -0.1) is 0 Å². The van der Waals surface area contributed by atoms with Crippen LogP contribution in [-0.4, -0.2) is 36.2 Å². The van der Waals surface area contributed by atoms with Crippen LogP contribution in [0.4, 0.5) is 0 Å². The van der Waals surface area contributed by atoms with Crippen molar-refractivity contribution in [3.05, 3.63) is 59.7 Å². The number of hydrogen-bond acceptors (Lipinski definition) is 4. The Bertz CT molecular complexity index is 575. The molecule has 0 saturated carbocycles. The second-order valence-corrected chi connectivity index (χ2v) is 4.47. The molecule has 0 aromatic heterocycles. The monoisotopic (exact) mass is 382 g/mol. The number of ether oxygens (including phenoxy) is 2. The Morgan fingerprint density at radius 2 is 1.17 bits per heavy atom. The molecule has 0 saturated heterocycles. The van der Waals surface area contributed by atoms with E-state index in [0.29, 0.717) is 11.5 Å². The van der Waals surface area contributed by atoms with Crippen molar-refractivity contribution in [2.75, 3.05) is 20.1 Å². The zero-order chi connectivity index (χ0) is 17.5. The number of aliphatic hydroxyl groups is 1. The molecule has 2 aromatic carbocycles. The molecule has 0 atom stereocenters. The van der Waals surface area contributed by atoms with Gasteiger partial charge >= 0.3 is 5.97 Å². The first-order valence-electron chi connectivity index (χ1n) is 6.65. The number of halogens is 1. The van der Waals surface area contributed by atoms with Gasteiger partial charge in [-0.05, 0) is 41.2 Å². The maximum Gasteiger partial charge on any atom is 0.345 e. The second-order valence-electron chi connectivity index (χ2n) is 4.47. The SMILES string of the molecule is CBr.COc1ccc(C(O)(C(=O)O)c2ccc(OC)cc2)cc1. The number of benzene rings is 2. The molecule has 0 amide bonds. The highest BCUT2D eigenvalue weighted by molar-refractivity contribution is 9.08. The number of methoxy groups -OCH3 is 2. The summed E-state index contributed by atoms with van der Waals surface area (Å²) in [5.74, 6) is 1.63. The Labute approximate surface area is 143 Å². The molecule has 2 aromatic rings. The molecule has 0 aliphatic rings. The quantitative estimate of drug-likeness (QED) is 0.777. The zero-order valence-electron chi connectivity index (χ0n) is 13.1. The fourth-order valence-corrected chi connectivity index (χ4v) is 2.08. The predicted octanol–water partition coefficient (Wildman–Crippen LogP) is 3.04. The van der Waals surface area contributed by atoms with E-state index < -0.39 is 11.6 Å². The number of carbonyl (C=O) groups is 1. The topological polar surface area (TPSA) is 76.0 Å². The lowest BCUT2D eigenvalue weighted by atomic mass is 9.86. The summed E-state index contributed by atoms with van der Waals surface area (Å²) in [6.07, 6.45) is 0. The fraction of sp³-hybridized carbons (Fsp3) is 0.235. The van der Waals surface area contributed by atoms with Crippen molar-refractivity contribution in [1.29, 1.82) is 0 Å². The molecule has 124 valence electrons. The highest BCUT2D eigenvalue weighted by atomic mass is 79.9. The highest BCUT2D eigenvalue weighted by Gasteiger charge is 2.40. The minimum absolute atomic E-state index is 0.251. The van der Waals surface area contributed by atoms with Crippen LogP contribution in [-0.2, 0) is 10.4 Å². The van der Waals surface area contributed by atoms with E-state index in [9.17, 15) is 15.0 Å². The maximum absolute atomic E-state index is 11.6. The average Bonchev–Trinajstić information content (AvgIpc) is 2.62. The molecule has 0 heterocycles. The standard InChI is InChI=1S/C16H16O5.CH3Br/c1-20-13-7-3-11(4-8-13)16(19,15(17)18)12-5-9-14(21-2)10-6-12;1-2/h3-10,19H,1-2H3,(H,17,18);1H3. The summed E-state index contributed by atoms with van der Waals surface area (Å²) in [6, 6.07) is 12.5. The van der Waals surface area contributed by atoms with Crippen LogP contribution in [0.3, 0.4) is 0 Å². The molecule has 0 radical (unpaired) electrons. The van der Waals surface area contributed by atoms with Crippen molar-refractivity contribution in [3.8, 4) is 11.5 Å². The van der Waals surface area contributed by atoms with E-state index in [1.807, 2.05) is 5.83 Å². The van der Waals surface area contributed by atoms with Crippen molar-refractivity contribution < 1.29 is 24.5 Å². The van der Waals surface area contributed by atoms with Crippen LogP contribution in [0.25, 0.3) is 0 Å². The van der Waals surface area contributed by atoms with E-state index in [1.165, 1.54) is 38.5 Å². The Morgan fingerprint density at radius 3 is 1.39 bits per heavy atom. The van der Waals surface area contributed by atoms with Crippen molar-refractivity contribution in [2.24, 2.45) is 0 Å². The van der Waals surface area contributed by atoms with Gasteiger partial charge in [0.2, 0.25) is 5.60 Å². The van der Waals surface area contributed by atoms with Crippen LogP contribution < -0.4 is 9.47 Å². The first kappa shape index (κ1) is 19.0. The maximum atomic E-state index is 11.6. The van der Waals surface area contributed by atoms with Crippen molar-refractivity contribution in [3.63, 3.8) is 0 Å². The number of hydrogen-bond donors (Lipinski definition) is 2. The van der Waals surface area contributed by atoms with Gasteiger partial charge in [0.05, 0.1) is 14.2 Å². The molecule has 0 bridgehead atoms. The van der Waals surface area contributed by atoms with Crippen LogP contribution in [0.5, 0.6) is 11.5 Å². The fourth-order valence-electron chi connectivity index (χ4n) is 2.08. The summed E-state index contributed by atoms with van der Waals surface area (Å²) in [7, 11) is 3.03. The normalized spacial score (nSPS) is 10.3. The number of aliphatic carboxylic acids is 1. The van der Waals surface area contributed by atoms with Gasteiger partial charge in [0, 0.05) is 0 Å². The van der Waals surface area contributed by atoms with Crippen LogP contribution in [0.15, 0.2) is 48.5 Å². The lowest BCUT2D eigenvalue weighted by Gasteiger charge is -2.24. The summed E-state index contributed by atoms with van der Waals surface area (Å²) in [5.41, 5.74) is -1.62. The van der Waals surface area contributed by atoms with Gasteiger partial charge in [-0.25, -0.2) is 4.79 Å². The van der Waals surface area contributed by atoms with E-state index >= 15 is 0 Å². The predicted molar refractivity (Wildman–Crippen MR) is 91.5 cm³/mol. The molecule has 0 aliphatic carbocycles. The van der Waals surface area contributed by atoms with Gasteiger partial charge in [-0.2, -0.15) is 0 Å². The minimum Gasteiger partial charge on any atom is -0.497 e. The minimum atomic E-state index is -2.13. The van der Waals surface area contributed by atoms with Crippen LogP contribution in [0.1, 0.15) is 11.1 Å². The molecular formula is C17H19BrO5. The lowest BCUT2D eigenvalue weighted by Crippen LogP contribution is -2.36. The summed E-state index contributed by atoms with van der Waals surface area (Å²) in [4.78, 5) is 11.6. The van der Waals surface area contributed by atoms with Gasteiger partial charge in [0.1, 0.15) is 11.5 Å². The Balaban J connectivity index is 0.00000127. The van der Waals surface area contributed by atoms with Crippen LogP contribution >= 0.6 is 15.9 Å². The van der Waals surface area contributed by atoms with E-state index in [4.69, 9.17) is 9.47 Å². The number of carboxylic acids is 1. The van der Waals surface area contributed by atoms with Crippen molar-refractivity contribution in [2.45, 2.75) is 5.60 Å². The molecule has 23 heavy (non-hydrogen) atoms. The summed E-state index contributed by atoms with van der Waals surface area (Å²) < 4.78 is 10.1. The van der Waals surface area contributed by atoms with Gasteiger partial charge in [0.15, 0.2) is 0 Å². The smallest absolute Gasteiger partial charge is 0.345 e. The molecule has 0 spiro atoms. The van der Waals surface area contributed by atoms with Gasteiger partial charge < -0.3 is 19.7 Å². The van der Waals surface area contributed by atoms with Crippen molar-refractivity contribution >= 4 is 21.9 Å². The largest absolute Gasteiger partial charge is 0.497 e. The average molecular weight is 383 g/mol. The Hall–Kier alpha value is -2.05. The zero-order valence-corrected chi connectivity index (χ0v) is 14.7. The molecule has 5 nitrogen and oxygen atoms in total. The molecule has 2 rings (SSSR count). The van der Waals surface area contributed by atoms with Gasteiger partial charge in [-0.3, -0.25) is 0 Å². The molecule has 0 fully saturated rings. The van der Waals surface area contributed by atoms with E-state index in [1.54, 1.807) is 24.3 Å². The summed E-state index contributed by atoms with van der Waals surface area (Å²) >= 11 is 2.94. The van der Waals surface area contributed by atoms with Crippen molar-refractivity contribution in [1.82, 2.24) is 0 Å². The number of alkyl halides is 1. The third kappa shape index (κ3) is 4.03. The lowest BCUT2D eigenvalue weighted by molar-refractivity contribution is -0.155. The molecule has 2 N–H and O–H groups in total. The Kier molecular flexibility index (Phi) is 7.06. The van der Waals surface area contributed by atoms with E-state index in [0.717, 1.165) is 0 Å². The van der Waals surface area contributed by atoms with Gasteiger partial charge in [0.25, 0.3) is 0 Å². The third-order valence-electron chi connectivity index (χ3n) is 3.33. The third-order valence-corrected chi connectivity index (χ3v) is 3.33. The van der Waals surface area contributed by atoms with Gasteiger partial charge in [-0.1, -0.05) is 40.2 Å². The summed E-state index contributed by atoms with van der Waals surface area (Å²) in [6.45, 7) is 0. The Morgan fingerprint density at radius 1 is 0.870 bits per heavy atom.